The van der Waals surface area contributed by atoms with E-state index in [2.05, 4.69) is 42.9 Å². The third-order valence-corrected chi connectivity index (χ3v) is 5.41. The van der Waals surface area contributed by atoms with Gasteiger partial charge in [0.15, 0.2) is 0 Å². The molecule has 10 N–H and O–H groups in total. The maximum Gasteiger partial charge on any atom is 0.0480 e. The SMILES string of the molecule is CCCN(CCN)CNCCCN(CCN)CCNCCN(CCN)CCNCCNC. The van der Waals surface area contributed by atoms with Gasteiger partial charge in [0.05, 0.1) is 0 Å². The van der Waals surface area contributed by atoms with Crippen LogP contribution in [0.2, 0.25) is 0 Å². The summed E-state index contributed by atoms with van der Waals surface area (Å²) >= 11 is 0. The molecule has 0 rings (SSSR count). The topological polar surface area (TPSA) is 136 Å². The molecule has 0 heterocycles. The van der Waals surface area contributed by atoms with E-state index in [4.69, 9.17) is 17.2 Å². The number of hydrogen-bond donors (Lipinski definition) is 7. The van der Waals surface area contributed by atoms with Crippen molar-refractivity contribution in [2.45, 2.75) is 19.8 Å². The van der Waals surface area contributed by atoms with Gasteiger partial charge in [-0.3, -0.25) is 9.80 Å². The summed E-state index contributed by atoms with van der Waals surface area (Å²) < 4.78 is 0. The standard InChI is InChI=1S/C22H56N10/c1-3-14-32(18-7-25)22-29-8-4-15-30(16-5-23)19-12-28-13-21-31(17-6-24)20-11-27-10-9-26-2/h26-29H,3-25H2,1-2H3. The predicted molar refractivity (Wildman–Crippen MR) is 139 cm³/mol. The average Bonchev–Trinajstić information content (AvgIpc) is 2.78. The highest BCUT2D eigenvalue weighted by atomic mass is 15.2. The summed E-state index contributed by atoms with van der Waals surface area (Å²) in [5, 5.41) is 13.8. The molecule has 194 valence electrons. The van der Waals surface area contributed by atoms with E-state index >= 15 is 0 Å². The lowest BCUT2D eigenvalue weighted by atomic mass is 10.3. The molecule has 32 heavy (non-hydrogen) atoms. The number of nitrogens with two attached hydrogens (primary N) is 3. The Labute approximate surface area is 198 Å². The molecule has 0 spiro atoms. The lowest BCUT2D eigenvalue weighted by Crippen LogP contribution is -2.42. The first-order chi connectivity index (χ1) is 15.7. The smallest absolute Gasteiger partial charge is 0.0480 e. The van der Waals surface area contributed by atoms with Crippen LogP contribution < -0.4 is 38.5 Å². The van der Waals surface area contributed by atoms with Crippen molar-refractivity contribution in [2.24, 2.45) is 17.2 Å². The van der Waals surface area contributed by atoms with Crippen molar-refractivity contribution in [1.29, 1.82) is 0 Å². The molecule has 0 aromatic rings. The van der Waals surface area contributed by atoms with Crippen molar-refractivity contribution < 1.29 is 0 Å². The first-order valence-electron chi connectivity index (χ1n) is 12.8. The minimum absolute atomic E-state index is 0.706. The maximum absolute atomic E-state index is 5.82. The molecule has 0 fully saturated rings. The van der Waals surface area contributed by atoms with E-state index in [1.54, 1.807) is 0 Å². The van der Waals surface area contributed by atoms with E-state index in [-0.39, 0.29) is 0 Å². The van der Waals surface area contributed by atoms with Crippen molar-refractivity contribution in [1.82, 2.24) is 36.0 Å². The summed E-state index contributed by atoms with van der Waals surface area (Å²) in [4.78, 5) is 7.27. The van der Waals surface area contributed by atoms with Gasteiger partial charge in [-0.05, 0) is 39.5 Å². The normalized spacial score (nSPS) is 12.0. The molecule has 0 bridgehead atoms. The van der Waals surface area contributed by atoms with Crippen LogP contribution in [0.3, 0.4) is 0 Å². The maximum atomic E-state index is 5.82. The first kappa shape index (κ1) is 31.6. The third-order valence-electron chi connectivity index (χ3n) is 5.41. The molecular weight excluding hydrogens is 404 g/mol. The molecule has 0 aromatic heterocycles. The van der Waals surface area contributed by atoms with Crippen LogP contribution in [0.1, 0.15) is 19.8 Å². The van der Waals surface area contributed by atoms with Gasteiger partial charge in [-0.2, -0.15) is 0 Å². The Morgan fingerprint density at radius 1 is 0.531 bits per heavy atom. The lowest BCUT2D eigenvalue weighted by molar-refractivity contribution is 0.245. The van der Waals surface area contributed by atoms with E-state index in [0.717, 1.165) is 118 Å². The summed E-state index contributed by atoms with van der Waals surface area (Å²) in [5.74, 6) is 0. The Bertz CT molecular complexity index is 356. The Morgan fingerprint density at radius 3 is 1.59 bits per heavy atom. The fourth-order valence-electron chi connectivity index (χ4n) is 3.64. The monoisotopic (exact) mass is 460 g/mol. The predicted octanol–water partition coefficient (Wildman–Crippen LogP) is -2.49. The van der Waals surface area contributed by atoms with Crippen LogP contribution in [-0.2, 0) is 0 Å². The number of nitrogens with one attached hydrogen (secondary N) is 4. The molecule has 0 aliphatic heterocycles. The summed E-state index contributed by atoms with van der Waals surface area (Å²) in [6, 6.07) is 0. The number of hydrogen-bond acceptors (Lipinski definition) is 10. The first-order valence-corrected chi connectivity index (χ1v) is 12.8. The van der Waals surface area contributed by atoms with Crippen LogP contribution >= 0.6 is 0 Å². The van der Waals surface area contributed by atoms with E-state index < -0.39 is 0 Å². The highest BCUT2D eigenvalue weighted by Crippen LogP contribution is 1.92. The van der Waals surface area contributed by atoms with Crippen LogP contribution in [0.5, 0.6) is 0 Å². The second-order valence-corrected chi connectivity index (χ2v) is 8.28. The minimum atomic E-state index is 0.706. The Hall–Kier alpha value is -0.400. The van der Waals surface area contributed by atoms with Crippen molar-refractivity contribution in [3.8, 4) is 0 Å². The Morgan fingerprint density at radius 2 is 1.06 bits per heavy atom. The Kier molecular flexibility index (Phi) is 24.9. The van der Waals surface area contributed by atoms with Crippen molar-refractivity contribution in [3.05, 3.63) is 0 Å². The molecule has 0 saturated carbocycles. The van der Waals surface area contributed by atoms with Crippen LogP contribution in [-0.4, -0.2) is 140 Å². The summed E-state index contributed by atoms with van der Waals surface area (Å²) in [6.45, 7) is 19.4. The third kappa shape index (κ3) is 20.2. The fourth-order valence-corrected chi connectivity index (χ4v) is 3.64. The molecule has 0 aliphatic rings. The largest absolute Gasteiger partial charge is 0.329 e. The van der Waals surface area contributed by atoms with Crippen LogP contribution in [0.15, 0.2) is 0 Å². The molecule has 0 atom stereocenters. The molecule has 0 unspecified atom stereocenters. The van der Waals surface area contributed by atoms with Gasteiger partial charge in [0.25, 0.3) is 0 Å². The summed E-state index contributed by atoms with van der Waals surface area (Å²) in [7, 11) is 1.98. The minimum Gasteiger partial charge on any atom is -0.329 e. The number of likely N-dealkylation sites (N-methyl/N-ethyl adjacent to an activating group) is 1. The second kappa shape index (κ2) is 25.2. The average molecular weight is 461 g/mol. The summed E-state index contributed by atoms with van der Waals surface area (Å²) in [5.41, 5.74) is 17.3. The molecule has 0 amide bonds. The zero-order chi connectivity index (χ0) is 23.7. The summed E-state index contributed by atoms with van der Waals surface area (Å²) in [6.07, 6.45) is 2.30. The van der Waals surface area contributed by atoms with Gasteiger partial charge in [-0.25, -0.2) is 0 Å². The van der Waals surface area contributed by atoms with E-state index in [1.807, 2.05) is 7.05 Å². The van der Waals surface area contributed by atoms with Crippen molar-refractivity contribution in [2.75, 3.05) is 125 Å². The highest BCUT2D eigenvalue weighted by molar-refractivity contribution is 4.66. The van der Waals surface area contributed by atoms with Gasteiger partial charge in [-0.1, -0.05) is 6.92 Å². The molecule has 10 nitrogen and oxygen atoms in total. The second-order valence-electron chi connectivity index (χ2n) is 8.28. The van der Waals surface area contributed by atoms with E-state index in [0.29, 0.717) is 13.1 Å². The van der Waals surface area contributed by atoms with Crippen molar-refractivity contribution in [3.63, 3.8) is 0 Å². The quantitative estimate of drug-likeness (QED) is 0.0549. The van der Waals surface area contributed by atoms with Crippen LogP contribution in [0.4, 0.5) is 0 Å². The molecular formula is C22H56N10. The van der Waals surface area contributed by atoms with Crippen LogP contribution in [0.25, 0.3) is 0 Å². The molecule has 10 heteroatoms. The Balaban J connectivity index is 3.91. The van der Waals surface area contributed by atoms with Gasteiger partial charge in [-0.15, -0.1) is 0 Å². The lowest BCUT2D eigenvalue weighted by Gasteiger charge is -2.24. The van der Waals surface area contributed by atoms with Gasteiger partial charge >= 0.3 is 0 Å². The fraction of sp³-hybridized carbons (Fsp3) is 1.00. The van der Waals surface area contributed by atoms with Gasteiger partial charge in [0, 0.05) is 98.3 Å². The van der Waals surface area contributed by atoms with Crippen LogP contribution in [0, 0.1) is 0 Å². The van der Waals surface area contributed by atoms with Gasteiger partial charge in [0.2, 0.25) is 0 Å². The highest BCUT2D eigenvalue weighted by Gasteiger charge is 2.06. The molecule has 0 aromatic carbocycles. The number of nitrogens with zero attached hydrogens (tertiary/aromatic N) is 3. The molecule has 0 saturated heterocycles. The van der Waals surface area contributed by atoms with E-state index in [1.165, 1.54) is 0 Å². The van der Waals surface area contributed by atoms with E-state index in [9.17, 15) is 0 Å². The molecule has 0 radical (unpaired) electrons. The zero-order valence-electron chi connectivity index (χ0n) is 21.2. The zero-order valence-corrected chi connectivity index (χ0v) is 21.2. The molecule has 0 aliphatic carbocycles. The van der Waals surface area contributed by atoms with Gasteiger partial charge in [0.1, 0.15) is 0 Å². The van der Waals surface area contributed by atoms with Crippen molar-refractivity contribution >= 4 is 0 Å². The number of rotatable bonds is 26. The van der Waals surface area contributed by atoms with Gasteiger partial charge < -0.3 is 43.4 Å².